The molecule has 2 N–H and O–H groups in total. The van der Waals surface area contributed by atoms with Crippen LogP contribution in [0.3, 0.4) is 0 Å². The molecule has 1 heterocycles. The zero-order valence-electron chi connectivity index (χ0n) is 15.3. The van der Waals surface area contributed by atoms with Crippen LogP contribution in [0, 0.1) is 12.8 Å². The van der Waals surface area contributed by atoms with Crippen molar-refractivity contribution >= 4 is 11.9 Å². The molecule has 1 aromatic carbocycles. The number of rotatable bonds is 5. The Morgan fingerprint density at radius 1 is 1.27 bits per heavy atom. The number of carboxylic acids is 1. The van der Waals surface area contributed by atoms with Crippen LogP contribution in [0.5, 0.6) is 0 Å². The van der Waals surface area contributed by atoms with Gasteiger partial charge < -0.3 is 10.4 Å². The van der Waals surface area contributed by atoms with Crippen LogP contribution in [0.2, 0.25) is 0 Å². The highest BCUT2D eigenvalue weighted by Crippen LogP contribution is 2.26. The summed E-state index contributed by atoms with van der Waals surface area (Å²) in [7, 11) is 0. The van der Waals surface area contributed by atoms with Gasteiger partial charge in [-0.15, -0.1) is 5.10 Å². The summed E-state index contributed by atoms with van der Waals surface area (Å²) < 4.78 is 1.69. The first-order valence-corrected chi connectivity index (χ1v) is 8.93. The largest absolute Gasteiger partial charge is 0.481 e. The van der Waals surface area contributed by atoms with Crippen molar-refractivity contribution in [2.75, 3.05) is 0 Å². The number of aliphatic carboxylic acids is 1. The number of nitrogens with zero attached hydrogens (tertiary/aromatic N) is 3. The molecule has 0 saturated heterocycles. The lowest BCUT2D eigenvalue weighted by molar-refractivity contribution is -0.141. The molecule has 7 heteroatoms. The Bertz CT molecular complexity index is 828. The Kier molecular flexibility index (Phi) is 5.06. The van der Waals surface area contributed by atoms with Crippen molar-refractivity contribution in [2.45, 2.75) is 52.0 Å². The number of carbonyl (C=O) groups excluding carboxylic acids is 1. The van der Waals surface area contributed by atoms with E-state index < -0.39 is 5.97 Å². The molecule has 0 radical (unpaired) electrons. The lowest BCUT2D eigenvalue weighted by atomic mass is 10.0. The van der Waals surface area contributed by atoms with Crippen LogP contribution in [-0.4, -0.2) is 37.8 Å². The Morgan fingerprint density at radius 2 is 2.00 bits per heavy atom. The highest BCUT2D eigenvalue weighted by molar-refractivity contribution is 5.90. The average molecular weight is 356 g/mol. The van der Waals surface area contributed by atoms with Gasteiger partial charge in [0, 0.05) is 6.04 Å². The molecule has 26 heavy (non-hydrogen) atoms. The van der Waals surface area contributed by atoms with Gasteiger partial charge in [-0.3, -0.25) is 9.59 Å². The standard InChI is InChI=1S/C19H24N4O3/c1-11(2)15-6-4-5-7-16(15)23-12(3)20-17(22-23)18(24)21-14-9-8-13(10-14)19(25)26/h4-7,11,13-14H,8-10H2,1-3H3,(H,21,24)(H,25,26)/t13-,14+/m0/s1. The van der Waals surface area contributed by atoms with E-state index in [1.165, 1.54) is 0 Å². The molecule has 138 valence electrons. The van der Waals surface area contributed by atoms with Crippen LogP contribution in [0.25, 0.3) is 5.69 Å². The van der Waals surface area contributed by atoms with Gasteiger partial charge in [0.25, 0.3) is 5.91 Å². The molecule has 0 aliphatic heterocycles. The zero-order valence-corrected chi connectivity index (χ0v) is 15.3. The Balaban J connectivity index is 1.78. The molecule has 1 amide bonds. The minimum Gasteiger partial charge on any atom is -0.481 e. The molecule has 0 unspecified atom stereocenters. The summed E-state index contributed by atoms with van der Waals surface area (Å²) in [6.45, 7) is 6.03. The lowest BCUT2D eigenvalue weighted by Gasteiger charge is -2.13. The van der Waals surface area contributed by atoms with Crippen LogP contribution >= 0.6 is 0 Å². The molecule has 1 aliphatic rings. The van der Waals surface area contributed by atoms with Crippen LogP contribution in [0.1, 0.15) is 61.0 Å². The lowest BCUT2D eigenvalue weighted by Crippen LogP contribution is -2.34. The van der Waals surface area contributed by atoms with Crippen molar-refractivity contribution in [1.82, 2.24) is 20.1 Å². The first-order chi connectivity index (χ1) is 12.4. The molecule has 1 aromatic heterocycles. The maximum atomic E-state index is 12.5. The quantitative estimate of drug-likeness (QED) is 0.858. The summed E-state index contributed by atoms with van der Waals surface area (Å²) >= 11 is 0. The molecule has 2 aromatic rings. The molecular formula is C19H24N4O3. The smallest absolute Gasteiger partial charge is 0.306 e. The molecule has 3 rings (SSSR count). The van der Waals surface area contributed by atoms with E-state index in [0.717, 1.165) is 11.3 Å². The number of nitrogens with one attached hydrogen (secondary N) is 1. The number of carboxylic acid groups (broad SMARTS) is 1. The highest BCUT2D eigenvalue weighted by atomic mass is 16.4. The first kappa shape index (κ1) is 18.1. The van der Waals surface area contributed by atoms with Gasteiger partial charge in [-0.05, 0) is 43.7 Å². The predicted molar refractivity (Wildman–Crippen MR) is 96.4 cm³/mol. The second-order valence-electron chi connectivity index (χ2n) is 7.13. The number of para-hydroxylation sites is 1. The first-order valence-electron chi connectivity index (χ1n) is 8.93. The summed E-state index contributed by atoms with van der Waals surface area (Å²) in [4.78, 5) is 27.9. The van der Waals surface area contributed by atoms with Gasteiger partial charge in [-0.1, -0.05) is 32.0 Å². The molecule has 0 bridgehead atoms. The summed E-state index contributed by atoms with van der Waals surface area (Å²) in [5.41, 5.74) is 2.05. The second kappa shape index (κ2) is 7.27. The number of benzene rings is 1. The van der Waals surface area contributed by atoms with Crippen LogP contribution < -0.4 is 5.32 Å². The third kappa shape index (κ3) is 3.61. The fourth-order valence-corrected chi connectivity index (χ4v) is 3.47. The second-order valence-corrected chi connectivity index (χ2v) is 7.13. The van der Waals surface area contributed by atoms with Crippen molar-refractivity contribution in [3.63, 3.8) is 0 Å². The van der Waals surface area contributed by atoms with Gasteiger partial charge >= 0.3 is 5.97 Å². The average Bonchev–Trinajstić information content (AvgIpc) is 3.21. The van der Waals surface area contributed by atoms with E-state index in [0.29, 0.717) is 31.0 Å². The molecule has 1 saturated carbocycles. The van der Waals surface area contributed by atoms with Gasteiger partial charge in [-0.25, -0.2) is 9.67 Å². The number of amides is 1. The van der Waals surface area contributed by atoms with Crippen molar-refractivity contribution in [1.29, 1.82) is 0 Å². The maximum Gasteiger partial charge on any atom is 0.306 e. The SMILES string of the molecule is Cc1nc(C(=O)N[C@@H]2CC[C@H](C(=O)O)C2)nn1-c1ccccc1C(C)C. The number of carbonyl (C=O) groups is 2. The van der Waals surface area contributed by atoms with E-state index >= 15 is 0 Å². The molecular weight excluding hydrogens is 332 g/mol. The minimum absolute atomic E-state index is 0.111. The summed E-state index contributed by atoms with van der Waals surface area (Å²) in [6, 6.07) is 7.79. The highest BCUT2D eigenvalue weighted by Gasteiger charge is 2.31. The van der Waals surface area contributed by atoms with Gasteiger partial charge in [-0.2, -0.15) is 0 Å². The Labute approximate surface area is 152 Å². The van der Waals surface area contributed by atoms with Gasteiger partial charge in [0.05, 0.1) is 11.6 Å². The van der Waals surface area contributed by atoms with Crippen LogP contribution in [0.4, 0.5) is 0 Å². The van der Waals surface area contributed by atoms with E-state index in [4.69, 9.17) is 5.11 Å². The van der Waals surface area contributed by atoms with Gasteiger partial charge in [0.15, 0.2) is 0 Å². The maximum absolute atomic E-state index is 12.5. The Morgan fingerprint density at radius 3 is 2.65 bits per heavy atom. The minimum atomic E-state index is -0.801. The molecule has 2 atom stereocenters. The molecule has 0 spiro atoms. The number of hydrogen-bond acceptors (Lipinski definition) is 4. The van der Waals surface area contributed by atoms with Gasteiger partial charge in [0.2, 0.25) is 5.82 Å². The van der Waals surface area contributed by atoms with E-state index in [9.17, 15) is 9.59 Å². The molecule has 1 aliphatic carbocycles. The van der Waals surface area contributed by atoms with Crippen molar-refractivity contribution in [2.24, 2.45) is 5.92 Å². The normalized spacial score (nSPS) is 19.7. The van der Waals surface area contributed by atoms with Crippen molar-refractivity contribution < 1.29 is 14.7 Å². The van der Waals surface area contributed by atoms with E-state index in [-0.39, 0.29) is 23.7 Å². The van der Waals surface area contributed by atoms with Crippen molar-refractivity contribution in [3.8, 4) is 5.69 Å². The monoisotopic (exact) mass is 356 g/mol. The van der Waals surface area contributed by atoms with Gasteiger partial charge in [0.1, 0.15) is 5.82 Å². The van der Waals surface area contributed by atoms with E-state index in [1.54, 1.807) is 4.68 Å². The third-order valence-corrected chi connectivity index (χ3v) is 4.88. The fraction of sp³-hybridized carbons (Fsp3) is 0.474. The van der Waals surface area contributed by atoms with Crippen molar-refractivity contribution in [3.05, 3.63) is 41.5 Å². The fourth-order valence-electron chi connectivity index (χ4n) is 3.47. The summed E-state index contributed by atoms with van der Waals surface area (Å²) in [6.07, 6.45) is 1.71. The molecule has 1 fully saturated rings. The zero-order chi connectivity index (χ0) is 18.8. The van der Waals surface area contributed by atoms with E-state index in [2.05, 4.69) is 29.2 Å². The Hall–Kier alpha value is -2.70. The summed E-state index contributed by atoms with van der Waals surface area (Å²) in [5, 5.41) is 16.3. The topological polar surface area (TPSA) is 97.1 Å². The number of aromatic nitrogens is 3. The predicted octanol–water partition coefficient (Wildman–Crippen LogP) is 2.68. The van der Waals surface area contributed by atoms with Crippen LogP contribution in [0.15, 0.2) is 24.3 Å². The van der Waals surface area contributed by atoms with E-state index in [1.807, 2.05) is 31.2 Å². The number of hydrogen-bond donors (Lipinski definition) is 2. The number of aryl methyl sites for hydroxylation is 1. The summed E-state index contributed by atoms with van der Waals surface area (Å²) in [5.74, 6) is -0.475. The van der Waals surface area contributed by atoms with Crippen LogP contribution in [-0.2, 0) is 4.79 Å². The molecule has 7 nitrogen and oxygen atoms in total. The third-order valence-electron chi connectivity index (χ3n) is 4.88.